The highest BCUT2D eigenvalue weighted by Gasteiger charge is 2.27. The molecule has 1 aliphatic carbocycles. The van der Waals surface area contributed by atoms with Crippen molar-refractivity contribution in [2.45, 2.75) is 50.3 Å². The van der Waals surface area contributed by atoms with E-state index >= 15 is 0 Å². The molecule has 1 aliphatic rings. The number of nitrogens with zero attached hydrogens (tertiary/aromatic N) is 1. The zero-order valence-corrected chi connectivity index (χ0v) is 11.2. The maximum atomic E-state index is 3.65. The molecule has 1 nitrogen and oxygen atoms in total. The Hall–Kier alpha value is 0.440. The molecule has 0 bridgehead atoms. The van der Waals surface area contributed by atoms with Crippen molar-refractivity contribution in [1.29, 1.82) is 0 Å². The van der Waals surface area contributed by atoms with E-state index in [0.717, 1.165) is 10.7 Å². The Morgan fingerprint density at radius 2 is 1.93 bits per heavy atom. The van der Waals surface area contributed by atoms with Crippen molar-refractivity contribution in [2.75, 3.05) is 20.1 Å². The Morgan fingerprint density at radius 3 is 2.50 bits per heavy atom. The summed E-state index contributed by atoms with van der Waals surface area (Å²) in [5, 5.41) is 0. The fourth-order valence-corrected chi connectivity index (χ4v) is 3.20. The Bertz CT molecular complexity index is 143. The fourth-order valence-electron chi connectivity index (χ4n) is 2.14. The smallest absolute Gasteiger partial charge is 0.0152 e. The van der Waals surface area contributed by atoms with Gasteiger partial charge in [-0.1, -0.05) is 42.1 Å². The highest BCUT2D eigenvalue weighted by molar-refractivity contribution is 9.09. The van der Waals surface area contributed by atoms with Crippen LogP contribution in [0, 0.1) is 5.92 Å². The standard InChI is InChI=1S/C12H24BrN/c1-3-4-5-6-7-14(2)10-11-8-12(13)9-11/h11-12H,3-10H2,1-2H3. The second-order valence-corrected chi connectivity index (χ2v) is 6.05. The van der Waals surface area contributed by atoms with Crippen LogP contribution in [0.15, 0.2) is 0 Å². The van der Waals surface area contributed by atoms with Crippen LogP contribution in [0.3, 0.4) is 0 Å². The van der Waals surface area contributed by atoms with Crippen molar-refractivity contribution in [3.63, 3.8) is 0 Å². The largest absolute Gasteiger partial charge is 0.306 e. The van der Waals surface area contributed by atoms with Crippen LogP contribution in [0.25, 0.3) is 0 Å². The number of hydrogen-bond donors (Lipinski definition) is 0. The van der Waals surface area contributed by atoms with Crippen molar-refractivity contribution >= 4 is 15.9 Å². The van der Waals surface area contributed by atoms with Gasteiger partial charge in [-0.25, -0.2) is 0 Å². The summed E-state index contributed by atoms with van der Waals surface area (Å²) in [4.78, 5) is 3.33. The normalized spacial score (nSPS) is 26.6. The Kier molecular flexibility index (Phi) is 6.11. The van der Waals surface area contributed by atoms with E-state index in [9.17, 15) is 0 Å². The first-order valence-corrected chi connectivity index (χ1v) is 6.96. The maximum Gasteiger partial charge on any atom is 0.0152 e. The lowest BCUT2D eigenvalue weighted by Gasteiger charge is -2.34. The lowest BCUT2D eigenvalue weighted by Crippen LogP contribution is -2.35. The van der Waals surface area contributed by atoms with Gasteiger partial charge in [0.05, 0.1) is 0 Å². The molecule has 0 aromatic rings. The van der Waals surface area contributed by atoms with Crippen LogP contribution >= 0.6 is 15.9 Å². The van der Waals surface area contributed by atoms with Crippen molar-refractivity contribution in [1.82, 2.24) is 4.90 Å². The van der Waals surface area contributed by atoms with Gasteiger partial charge in [-0.15, -0.1) is 0 Å². The third-order valence-corrected chi connectivity index (χ3v) is 3.89. The van der Waals surface area contributed by atoms with Crippen molar-refractivity contribution < 1.29 is 0 Å². The summed E-state index contributed by atoms with van der Waals surface area (Å²) < 4.78 is 0. The molecule has 0 amide bonds. The second-order valence-electron chi connectivity index (χ2n) is 4.76. The molecule has 0 aromatic heterocycles. The van der Waals surface area contributed by atoms with Gasteiger partial charge in [0.15, 0.2) is 0 Å². The molecule has 2 heteroatoms. The molecule has 84 valence electrons. The molecule has 0 heterocycles. The number of rotatable bonds is 7. The predicted octanol–water partition coefficient (Wildman–Crippen LogP) is 3.67. The number of unbranched alkanes of at least 4 members (excludes halogenated alkanes) is 3. The summed E-state index contributed by atoms with van der Waals surface area (Å²) in [5.74, 6) is 0.968. The molecule has 0 spiro atoms. The van der Waals surface area contributed by atoms with E-state index in [0.29, 0.717) is 0 Å². The van der Waals surface area contributed by atoms with Crippen LogP contribution in [0.2, 0.25) is 0 Å². The Balaban J connectivity index is 1.91. The summed E-state index contributed by atoms with van der Waals surface area (Å²) >= 11 is 3.65. The number of hydrogen-bond acceptors (Lipinski definition) is 1. The van der Waals surface area contributed by atoms with Gasteiger partial charge in [0.1, 0.15) is 0 Å². The van der Waals surface area contributed by atoms with E-state index < -0.39 is 0 Å². The molecule has 1 saturated carbocycles. The first-order chi connectivity index (χ1) is 6.72. The van der Waals surface area contributed by atoms with Gasteiger partial charge in [0.2, 0.25) is 0 Å². The third kappa shape index (κ3) is 4.79. The Labute approximate surface area is 97.4 Å². The van der Waals surface area contributed by atoms with Crippen molar-refractivity contribution in [3.8, 4) is 0 Å². The minimum atomic E-state index is 0.820. The number of alkyl halides is 1. The first-order valence-electron chi connectivity index (χ1n) is 6.05. The molecule has 0 unspecified atom stereocenters. The fraction of sp³-hybridized carbons (Fsp3) is 1.00. The molecule has 0 aliphatic heterocycles. The highest BCUT2D eigenvalue weighted by Crippen LogP contribution is 2.33. The van der Waals surface area contributed by atoms with E-state index in [1.807, 2.05) is 0 Å². The van der Waals surface area contributed by atoms with Crippen LogP contribution in [-0.2, 0) is 0 Å². The van der Waals surface area contributed by atoms with Crippen LogP contribution in [0.1, 0.15) is 45.4 Å². The molecule has 0 saturated heterocycles. The molecule has 0 N–H and O–H groups in total. The van der Waals surface area contributed by atoms with Gasteiger partial charge in [0.25, 0.3) is 0 Å². The summed E-state index contributed by atoms with van der Waals surface area (Å²) in [6.07, 6.45) is 8.32. The minimum absolute atomic E-state index is 0.820. The summed E-state index contributed by atoms with van der Waals surface area (Å²) in [5.41, 5.74) is 0. The van der Waals surface area contributed by atoms with Crippen LogP contribution in [-0.4, -0.2) is 29.9 Å². The molecule has 1 rings (SSSR count). The van der Waals surface area contributed by atoms with E-state index in [4.69, 9.17) is 0 Å². The topological polar surface area (TPSA) is 3.24 Å². The highest BCUT2D eigenvalue weighted by atomic mass is 79.9. The predicted molar refractivity (Wildman–Crippen MR) is 67.1 cm³/mol. The molecular formula is C12H24BrN. The molecule has 0 radical (unpaired) electrons. The number of halogens is 1. The quantitative estimate of drug-likeness (QED) is 0.500. The summed E-state index contributed by atoms with van der Waals surface area (Å²) in [6.45, 7) is 4.88. The average molecular weight is 262 g/mol. The second kappa shape index (κ2) is 6.84. The lowest BCUT2D eigenvalue weighted by atomic mass is 9.85. The monoisotopic (exact) mass is 261 g/mol. The van der Waals surface area contributed by atoms with Crippen molar-refractivity contribution in [2.24, 2.45) is 5.92 Å². The SMILES string of the molecule is CCCCCCN(C)CC1CC(Br)C1. The van der Waals surface area contributed by atoms with Gasteiger partial charge in [-0.2, -0.15) is 0 Å². The third-order valence-electron chi connectivity index (χ3n) is 3.14. The molecular weight excluding hydrogens is 238 g/mol. The van der Waals surface area contributed by atoms with E-state index in [1.54, 1.807) is 0 Å². The van der Waals surface area contributed by atoms with Gasteiger partial charge in [0, 0.05) is 11.4 Å². The van der Waals surface area contributed by atoms with E-state index in [-0.39, 0.29) is 0 Å². The van der Waals surface area contributed by atoms with E-state index in [2.05, 4.69) is 34.8 Å². The molecule has 1 fully saturated rings. The zero-order valence-electron chi connectivity index (χ0n) is 9.64. The average Bonchev–Trinajstić information content (AvgIpc) is 2.10. The van der Waals surface area contributed by atoms with E-state index in [1.165, 1.54) is 51.6 Å². The van der Waals surface area contributed by atoms with Crippen LogP contribution in [0.4, 0.5) is 0 Å². The van der Waals surface area contributed by atoms with Gasteiger partial charge in [-0.3, -0.25) is 0 Å². The minimum Gasteiger partial charge on any atom is -0.306 e. The first kappa shape index (κ1) is 12.5. The molecule has 14 heavy (non-hydrogen) atoms. The summed E-state index contributed by atoms with van der Waals surface area (Å²) in [7, 11) is 2.27. The molecule has 0 aromatic carbocycles. The van der Waals surface area contributed by atoms with Crippen LogP contribution in [0.5, 0.6) is 0 Å². The van der Waals surface area contributed by atoms with Crippen LogP contribution < -0.4 is 0 Å². The zero-order chi connectivity index (χ0) is 10.4. The summed E-state index contributed by atoms with van der Waals surface area (Å²) in [6, 6.07) is 0. The van der Waals surface area contributed by atoms with Gasteiger partial charge < -0.3 is 4.90 Å². The van der Waals surface area contributed by atoms with Gasteiger partial charge >= 0.3 is 0 Å². The lowest BCUT2D eigenvalue weighted by molar-refractivity contribution is 0.210. The maximum absolute atomic E-state index is 3.65. The van der Waals surface area contributed by atoms with Crippen molar-refractivity contribution in [3.05, 3.63) is 0 Å². The Morgan fingerprint density at radius 1 is 1.21 bits per heavy atom. The molecule has 0 atom stereocenters. The van der Waals surface area contributed by atoms with Gasteiger partial charge in [-0.05, 0) is 38.8 Å².